The van der Waals surface area contributed by atoms with E-state index in [1.165, 1.54) is 0 Å². The Labute approximate surface area is 179 Å². The zero-order valence-corrected chi connectivity index (χ0v) is 19.3. The number of carbonyl (C=O) groups is 1. The topological polar surface area (TPSA) is 72.4 Å². The maximum absolute atomic E-state index is 13.2. The van der Waals surface area contributed by atoms with E-state index in [0.29, 0.717) is 19.0 Å². The number of nitrogens with two attached hydrogens (primary N) is 1. The van der Waals surface area contributed by atoms with E-state index in [2.05, 4.69) is 49.9 Å². The summed E-state index contributed by atoms with van der Waals surface area (Å²) in [5.41, 5.74) is 7.53. The van der Waals surface area contributed by atoms with Crippen LogP contribution in [-0.4, -0.2) is 23.6 Å². The fourth-order valence-corrected chi connectivity index (χ4v) is 4.41. The summed E-state index contributed by atoms with van der Waals surface area (Å²) >= 11 is 1.60. The van der Waals surface area contributed by atoms with Gasteiger partial charge in [0, 0.05) is 23.0 Å². The molecule has 0 spiro atoms. The quantitative estimate of drug-likeness (QED) is 0.590. The Morgan fingerprint density at radius 3 is 2.48 bits per heavy atom. The largest absolute Gasteiger partial charge is 0.354 e. The normalized spacial score (nSPS) is 13.7. The number of para-hydroxylation sites is 1. The minimum atomic E-state index is -0.282. The van der Waals surface area contributed by atoms with Crippen LogP contribution >= 0.6 is 11.3 Å². The first-order valence-electron chi connectivity index (χ1n) is 10.5. The lowest BCUT2D eigenvalue weighted by molar-refractivity contribution is -0.125. The number of nitrogens with zero attached hydrogens (tertiary/aromatic N) is 2. The van der Waals surface area contributed by atoms with Crippen LogP contribution in [0.25, 0.3) is 0 Å². The monoisotopic (exact) mass is 416 g/mol. The molecule has 2 aromatic rings. The van der Waals surface area contributed by atoms with E-state index < -0.39 is 0 Å². The average Bonchev–Trinajstić information content (AvgIpc) is 3.07. The Morgan fingerprint density at radius 1 is 1.21 bits per heavy atom. The van der Waals surface area contributed by atoms with Crippen molar-refractivity contribution < 1.29 is 4.79 Å². The van der Waals surface area contributed by atoms with Crippen molar-refractivity contribution in [3.8, 4) is 0 Å². The summed E-state index contributed by atoms with van der Waals surface area (Å²) in [4.78, 5) is 19.0. The van der Waals surface area contributed by atoms with Gasteiger partial charge in [-0.1, -0.05) is 52.8 Å². The second kappa shape index (κ2) is 10.7. The van der Waals surface area contributed by atoms with Gasteiger partial charge in [-0.15, -0.1) is 11.3 Å². The lowest BCUT2D eigenvalue weighted by atomic mass is 9.91. The summed E-state index contributed by atoms with van der Waals surface area (Å²) in [6, 6.07) is 9.65. The van der Waals surface area contributed by atoms with Gasteiger partial charge in [-0.3, -0.25) is 4.79 Å². The lowest BCUT2D eigenvalue weighted by Gasteiger charge is -2.27. The van der Waals surface area contributed by atoms with Crippen molar-refractivity contribution in [2.45, 2.75) is 65.3 Å². The van der Waals surface area contributed by atoms with Gasteiger partial charge >= 0.3 is 0 Å². The molecule has 29 heavy (non-hydrogen) atoms. The number of rotatable bonds is 9. The lowest BCUT2D eigenvalue weighted by Crippen LogP contribution is -2.39. The van der Waals surface area contributed by atoms with E-state index >= 15 is 0 Å². The Hall–Kier alpha value is -1.92. The van der Waals surface area contributed by atoms with Gasteiger partial charge in [-0.2, -0.15) is 0 Å². The SMILES string of the molecule is CC(C)C[C@@H](C(=O)NCCCCN)n1c(C(C)(C)C)csc1=Nc1ccccc1. The van der Waals surface area contributed by atoms with Crippen LogP contribution in [0.1, 0.15) is 65.6 Å². The van der Waals surface area contributed by atoms with Gasteiger partial charge in [0.2, 0.25) is 5.91 Å². The molecule has 1 aromatic heterocycles. The highest BCUT2D eigenvalue weighted by molar-refractivity contribution is 7.07. The predicted molar refractivity (Wildman–Crippen MR) is 122 cm³/mol. The van der Waals surface area contributed by atoms with Gasteiger partial charge in [0.1, 0.15) is 6.04 Å². The van der Waals surface area contributed by atoms with Crippen molar-refractivity contribution in [1.29, 1.82) is 0 Å². The number of nitrogens with one attached hydrogen (secondary N) is 1. The fraction of sp³-hybridized carbons (Fsp3) is 0.565. The van der Waals surface area contributed by atoms with Gasteiger partial charge in [-0.25, -0.2) is 4.99 Å². The highest BCUT2D eigenvalue weighted by Crippen LogP contribution is 2.28. The molecule has 1 atom stereocenters. The van der Waals surface area contributed by atoms with Gasteiger partial charge in [-0.05, 0) is 43.9 Å². The van der Waals surface area contributed by atoms with Crippen molar-refractivity contribution in [2.75, 3.05) is 13.1 Å². The van der Waals surface area contributed by atoms with Crippen LogP contribution in [0.5, 0.6) is 0 Å². The minimum absolute atomic E-state index is 0.0640. The molecule has 1 heterocycles. The van der Waals surface area contributed by atoms with E-state index in [-0.39, 0.29) is 17.4 Å². The van der Waals surface area contributed by atoms with Crippen molar-refractivity contribution in [2.24, 2.45) is 16.6 Å². The zero-order chi connectivity index (χ0) is 21.4. The second-order valence-electron chi connectivity index (χ2n) is 8.90. The molecule has 0 radical (unpaired) electrons. The minimum Gasteiger partial charge on any atom is -0.354 e. The van der Waals surface area contributed by atoms with Crippen molar-refractivity contribution in [3.63, 3.8) is 0 Å². The van der Waals surface area contributed by atoms with Crippen LogP contribution in [0.2, 0.25) is 0 Å². The molecule has 2 rings (SSSR count). The van der Waals surface area contributed by atoms with Crippen LogP contribution in [0, 0.1) is 5.92 Å². The molecular formula is C23H36N4OS. The maximum atomic E-state index is 13.2. The van der Waals surface area contributed by atoms with Crippen LogP contribution in [0.4, 0.5) is 5.69 Å². The third kappa shape index (κ3) is 6.82. The Kier molecular flexibility index (Phi) is 8.65. The van der Waals surface area contributed by atoms with Gasteiger partial charge in [0.25, 0.3) is 0 Å². The highest BCUT2D eigenvalue weighted by Gasteiger charge is 2.29. The Balaban J connectivity index is 2.50. The maximum Gasteiger partial charge on any atom is 0.243 e. The molecule has 160 valence electrons. The van der Waals surface area contributed by atoms with Crippen LogP contribution in [-0.2, 0) is 10.2 Å². The summed E-state index contributed by atoms with van der Waals surface area (Å²) in [5, 5.41) is 5.28. The third-order valence-corrected chi connectivity index (χ3v) is 5.57. The van der Waals surface area contributed by atoms with E-state index in [1.807, 2.05) is 30.3 Å². The zero-order valence-electron chi connectivity index (χ0n) is 18.4. The molecule has 0 unspecified atom stereocenters. The van der Waals surface area contributed by atoms with E-state index in [9.17, 15) is 4.79 Å². The molecule has 3 N–H and O–H groups in total. The highest BCUT2D eigenvalue weighted by atomic mass is 32.1. The van der Waals surface area contributed by atoms with Gasteiger partial charge < -0.3 is 15.6 Å². The van der Waals surface area contributed by atoms with E-state index in [1.54, 1.807) is 11.3 Å². The van der Waals surface area contributed by atoms with Crippen LogP contribution in [0.15, 0.2) is 40.7 Å². The molecule has 1 aromatic carbocycles. The summed E-state index contributed by atoms with van der Waals surface area (Å²) < 4.78 is 2.16. The first kappa shape index (κ1) is 23.4. The molecule has 5 nitrogen and oxygen atoms in total. The summed E-state index contributed by atoms with van der Waals surface area (Å²) in [6.45, 7) is 12.2. The number of thiazole rings is 1. The fourth-order valence-electron chi connectivity index (χ4n) is 3.23. The predicted octanol–water partition coefficient (Wildman–Crippen LogP) is 4.52. The Morgan fingerprint density at radius 2 is 1.90 bits per heavy atom. The third-order valence-electron chi connectivity index (χ3n) is 4.73. The summed E-state index contributed by atoms with van der Waals surface area (Å²) in [5.74, 6) is 0.453. The molecule has 0 fully saturated rings. The van der Waals surface area contributed by atoms with Crippen LogP contribution in [0.3, 0.4) is 0 Å². The standard InChI is InChI=1S/C23H36N4OS/c1-17(2)15-19(21(28)25-14-10-9-13-24)27-20(23(3,4)5)16-29-22(27)26-18-11-7-6-8-12-18/h6-8,11-12,16-17,19H,9-10,13-15,24H2,1-5H3,(H,25,28)/t19-/m0/s1. The molecule has 0 bridgehead atoms. The second-order valence-corrected chi connectivity index (χ2v) is 9.74. The van der Waals surface area contributed by atoms with Crippen molar-refractivity contribution in [1.82, 2.24) is 9.88 Å². The van der Waals surface area contributed by atoms with Crippen molar-refractivity contribution in [3.05, 3.63) is 46.2 Å². The number of unbranched alkanes of at least 4 members (excludes halogenated alkanes) is 1. The molecule has 0 saturated heterocycles. The first-order chi connectivity index (χ1) is 13.7. The number of aromatic nitrogens is 1. The summed E-state index contributed by atoms with van der Waals surface area (Å²) in [7, 11) is 0. The molecular weight excluding hydrogens is 380 g/mol. The smallest absolute Gasteiger partial charge is 0.243 e. The average molecular weight is 417 g/mol. The van der Waals surface area contributed by atoms with E-state index in [0.717, 1.165) is 35.4 Å². The first-order valence-corrected chi connectivity index (χ1v) is 11.4. The molecule has 0 aliphatic carbocycles. The summed E-state index contributed by atoms with van der Waals surface area (Å²) in [6.07, 6.45) is 2.59. The van der Waals surface area contributed by atoms with Gasteiger partial charge in [0.05, 0.1) is 5.69 Å². The van der Waals surface area contributed by atoms with E-state index in [4.69, 9.17) is 10.7 Å². The van der Waals surface area contributed by atoms with Crippen molar-refractivity contribution >= 4 is 22.9 Å². The molecule has 0 aliphatic rings. The molecule has 0 saturated carbocycles. The molecule has 0 aliphatic heterocycles. The molecule has 6 heteroatoms. The number of hydrogen-bond donors (Lipinski definition) is 2. The molecule has 1 amide bonds. The number of carbonyl (C=O) groups excluding carboxylic acids is 1. The number of amides is 1. The number of hydrogen-bond acceptors (Lipinski definition) is 4. The Bertz CT molecular complexity index is 831. The number of benzene rings is 1. The van der Waals surface area contributed by atoms with Gasteiger partial charge in [0.15, 0.2) is 4.80 Å². The van der Waals surface area contributed by atoms with Crippen LogP contribution < -0.4 is 15.9 Å².